The average Bonchev–Trinajstić information content (AvgIpc) is 2.94. The molecule has 2 atom stereocenters. The van der Waals surface area contributed by atoms with Gasteiger partial charge in [0.2, 0.25) is 0 Å². The van der Waals surface area contributed by atoms with Crippen LogP contribution in [0.4, 0.5) is 0 Å². The molecule has 0 amide bonds. The molecule has 0 aromatic heterocycles. The Morgan fingerprint density at radius 1 is 1.38 bits per heavy atom. The Balaban J connectivity index is 0.00000161. The third kappa shape index (κ3) is 3.49. The number of nitrogens with zero attached hydrogens (tertiary/aromatic N) is 2. The molecule has 2 saturated heterocycles. The summed E-state index contributed by atoms with van der Waals surface area (Å²) in [5, 5.41) is 12.5. The van der Waals surface area contributed by atoms with E-state index >= 15 is 0 Å². The van der Waals surface area contributed by atoms with Gasteiger partial charge in [0.05, 0.1) is 12.7 Å². The summed E-state index contributed by atoms with van der Waals surface area (Å²) in [7, 11) is 1.62. The second-order valence-electron chi connectivity index (χ2n) is 5.85. The molecule has 5 heteroatoms. The van der Waals surface area contributed by atoms with Gasteiger partial charge in [0, 0.05) is 13.1 Å². The zero-order valence-electron chi connectivity index (χ0n) is 12.3. The number of benzene rings is 1. The predicted octanol–water partition coefficient (Wildman–Crippen LogP) is 2.03. The minimum absolute atomic E-state index is 0. The van der Waals surface area contributed by atoms with Gasteiger partial charge < -0.3 is 10.1 Å². The van der Waals surface area contributed by atoms with Gasteiger partial charge in [-0.25, -0.2) is 0 Å². The van der Waals surface area contributed by atoms with E-state index in [0.29, 0.717) is 11.3 Å². The third-order valence-electron chi connectivity index (χ3n) is 4.58. The first kappa shape index (κ1) is 16.1. The highest BCUT2D eigenvalue weighted by Gasteiger charge is 2.32. The molecule has 0 spiro atoms. The van der Waals surface area contributed by atoms with Crippen LogP contribution in [0.1, 0.15) is 17.5 Å². The first-order chi connectivity index (χ1) is 9.80. The second-order valence-corrected chi connectivity index (χ2v) is 5.85. The Morgan fingerprint density at radius 3 is 2.95 bits per heavy atom. The van der Waals surface area contributed by atoms with Crippen LogP contribution in [0.15, 0.2) is 18.2 Å². The quantitative estimate of drug-likeness (QED) is 0.928. The zero-order valence-corrected chi connectivity index (χ0v) is 13.2. The number of piperidine rings is 1. The number of hydrogen-bond donors (Lipinski definition) is 1. The van der Waals surface area contributed by atoms with Gasteiger partial charge in [-0.05, 0) is 55.6 Å². The fourth-order valence-electron chi connectivity index (χ4n) is 3.44. The highest BCUT2D eigenvalue weighted by Crippen LogP contribution is 2.28. The lowest BCUT2D eigenvalue weighted by molar-refractivity contribution is 0.142. The Bertz CT molecular complexity index is 529. The summed E-state index contributed by atoms with van der Waals surface area (Å²) >= 11 is 0. The third-order valence-corrected chi connectivity index (χ3v) is 4.58. The molecule has 2 heterocycles. The Hall–Kier alpha value is -1.28. The molecular formula is C16H22ClN3O. The molecular weight excluding hydrogens is 286 g/mol. The number of likely N-dealkylation sites (tertiary alicyclic amines) is 1. The van der Waals surface area contributed by atoms with Crippen molar-refractivity contribution in [3.8, 4) is 11.8 Å². The molecule has 1 N–H and O–H groups in total. The van der Waals surface area contributed by atoms with Crippen molar-refractivity contribution in [2.24, 2.45) is 11.8 Å². The van der Waals surface area contributed by atoms with Crippen LogP contribution < -0.4 is 10.1 Å². The van der Waals surface area contributed by atoms with Crippen LogP contribution in [0.2, 0.25) is 0 Å². The normalized spacial score (nSPS) is 24.8. The summed E-state index contributed by atoms with van der Waals surface area (Å²) in [6.45, 7) is 5.66. The lowest BCUT2D eigenvalue weighted by Gasteiger charge is -2.34. The molecule has 2 aliphatic heterocycles. The molecule has 0 aliphatic carbocycles. The van der Waals surface area contributed by atoms with Gasteiger partial charge in [-0.1, -0.05) is 6.07 Å². The van der Waals surface area contributed by atoms with Crippen LogP contribution in [0.25, 0.3) is 0 Å². The van der Waals surface area contributed by atoms with Gasteiger partial charge in [0.1, 0.15) is 11.8 Å². The standard InChI is InChI=1S/C16H21N3O.ClH/c1-20-16-6-12(2-3-13(16)7-17)10-19-5-4-14-8-18-9-15(14)11-19;/h2-3,6,14-15,18H,4-5,8-11H2,1H3;1H. The Labute approximate surface area is 132 Å². The molecule has 2 fully saturated rings. The van der Waals surface area contributed by atoms with E-state index in [2.05, 4.69) is 16.3 Å². The largest absolute Gasteiger partial charge is 0.495 e. The molecule has 0 saturated carbocycles. The molecule has 0 radical (unpaired) electrons. The number of halogens is 1. The van der Waals surface area contributed by atoms with Crippen LogP contribution in [0, 0.1) is 23.2 Å². The summed E-state index contributed by atoms with van der Waals surface area (Å²) in [6.07, 6.45) is 1.30. The van der Waals surface area contributed by atoms with Crippen molar-refractivity contribution in [2.75, 3.05) is 33.3 Å². The van der Waals surface area contributed by atoms with Gasteiger partial charge in [-0.3, -0.25) is 4.90 Å². The number of rotatable bonds is 3. The molecule has 1 aromatic carbocycles. The summed E-state index contributed by atoms with van der Waals surface area (Å²) in [5.41, 5.74) is 1.83. The smallest absolute Gasteiger partial charge is 0.136 e. The number of fused-ring (bicyclic) bond motifs is 1. The van der Waals surface area contributed by atoms with Gasteiger partial charge in [-0.2, -0.15) is 5.26 Å². The summed E-state index contributed by atoms with van der Waals surface area (Å²) in [5.74, 6) is 2.37. The fraction of sp³-hybridized carbons (Fsp3) is 0.562. The fourth-order valence-corrected chi connectivity index (χ4v) is 3.44. The van der Waals surface area contributed by atoms with Gasteiger partial charge in [0.25, 0.3) is 0 Å². The number of hydrogen-bond acceptors (Lipinski definition) is 4. The maximum atomic E-state index is 9.02. The second kappa shape index (κ2) is 7.13. The first-order valence-electron chi connectivity index (χ1n) is 7.30. The molecule has 2 unspecified atom stereocenters. The van der Waals surface area contributed by atoms with Gasteiger partial charge in [-0.15, -0.1) is 12.4 Å². The Kier molecular flexibility index (Phi) is 5.46. The van der Waals surface area contributed by atoms with Crippen molar-refractivity contribution in [3.05, 3.63) is 29.3 Å². The van der Waals surface area contributed by atoms with Crippen LogP contribution in [-0.2, 0) is 6.54 Å². The van der Waals surface area contributed by atoms with Gasteiger partial charge in [0.15, 0.2) is 0 Å². The van der Waals surface area contributed by atoms with E-state index in [4.69, 9.17) is 10.00 Å². The number of methoxy groups -OCH3 is 1. The molecule has 2 aliphatic rings. The van der Waals surface area contributed by atoms with Gasteiger partial charge >= 0.3 is 0 Å². The van der Waals surface area contributed by atoms with Crippen molar-refractivity contribution in [3.63, 3.8) is 0 Å². The van der Waals surface area contributed by atoms with Crippen LogP contribution >= 0.6 is 12.4 Å². The highest BCUT2D eigenvalue weighted by atomic mass is 35.5. The number of ether oxygens (including phenoxy) is 1. The maximum absolute atomic E-state index is 9.02. The molecule has 0 bridgehead atoms. The molecule has 1 aromatic rings. The lowest BCUT2D eigenvalue weighted by atomic mass is 9.88. The summed E-state index contributed by atoms with van der Waals surface area (Å²) < 4.78 is 5.28. The van der Waals surface area contributed by atoms with E-state index in [9.17, 15) is 0 Å². The average molecular weight is 308 g/mol. The van der Waals surface area contributed by atoms with E-state index in [-0.39, 0.29) is 12.4 Å². The van der Waals surface area contributed by atoms with Crippen molar-refractivity contribution < 1.29 is 4.74 Å². The minimum Gasteiger partial charge on any atom is -0.495 e. The van der Waals surface area contributed by atoms with E-state index in [1.807, 2.05) is 18.2 Å². The molecule has 114 valence electrons. The maximum Gasteiger partial charge on any atom is 0.136 e. The monoisotopic (exact) mass is 307 g/mol. The van der Waals surface area contributed by atoms with E-state index in [1.165, 1.54) is 31.6 Å². The zero-order chi connectivity index (χ0) is 13.9. The number of nitrogens with one attached hydrogen (secondary N) is 1. The Morgan fingerprint density at radius 2 is 2.19 bits per heavy atom. The highest BCUT2D eigenvalue weighted by molar-refractivity contribution is 5.85. The van der Waals surface area contributed by atoms with Crippen molar-refractivity contribution in [1.82, 2.24) is 10.2 Å². The topological polar surface area (TPSA) is 48.3 Å². The van der Waals surface area contributed by atoms with Crippen LogP contribution in [-0.4, -0.2) is 38.2 Å². The van der Waals surface area contributed by atoms with Crippen molar-refractivity contribution in [2.45, 2.75) is 13.0 Å². The SMILES string of the molecule is COc1cc(CN2CCC3CNCC3C2)ccc1C#N.Cl. The summed E-state index contributed by atoms with van der Waals surface area (Å²) in [6, 6.07) is 8.06. The molecule has 3 rings (SSSR count). The van der Waals surface area contributed by atoms with Crippen LogP contribution in [0.5, 0.6) is 5.75 Å². The number of nitriles is 1. The summed E-state index contributed by atoms with van der Waals surface area (Å²) in [4.78, 5) is 2.52. The van der Waals surface area contributed by atoms with E-state index in [0.717, 1.165) is 24.9 Å². The lowest BCUT2D eigenvalue weighted by Crippen LogP contribution is -2.39. The van der Waals surface area contributed by atoms with Crippen molar-refractivity contribution >= 4 is 12.4 Å². The van der Waals surface area contributed by atoms with Crippen molar-refractivity contribution in [1.29, 1.82) is 5.26 Å². The first-order valence-corrected chi connectivity index (χ1v) is 7.30. The molecule has 21 heavy (non-hydrogen) atoms. The minimum atomic E-state index is 0. The van der Waals surface area contributed by atoms with E-state index in [1.54, 1.807) is 7.11 Å². The van der Waals surface area contributed by atoms with Crippen LogP contribution in [0.3, 0.4) is 0 Å². The molecule has 4 nitrogen and oxygen atoms in total. The predicted molar refractivity (Wildman–Crippen MR) is 84.7 cm³/mol. The van der Waals surface area contributed by atoms with E-state index < -0.39 is 0 Å².